The maximum atomic E-state index is 10.9. The van der Waals surface area contributed by atoms with Crippen molar-refractivity contribution in [2.75, 3.05) is 0 Å². The van der Waals surface area contributed by atoms with E-state index in [-0.39, 0.29) is 0 Å². The second-order valence-electron chi connectivity index (χ2n) is 4.56. The summed E-state index contributed by atoms with van der Waals surface area (Å²) in [6, 6.07) is 4.05. The Morgan fingerprint density at radius 2 is 1.93 bits per heavy atom. The third kappa shape index (κ3) is 3.35. The van der Waals surface area contributed by atoms with E-state index in [0.717, 1.165) is 6.42 Å². The zero-order valence-corrected chi connectivity index (χ0v) is 9.53. The first-order valence-electron chi connectivity index (χ1n) is 5.09. The molecule has 0 spiro atoms. The van der Waals surface area contributed by atoms with Crippen LogP contribution in [0.3, 0.4) is 0 Å². The number of pyridine rings is 1. The Morgan fingerprint density at radius 1 is 1.40 bits per heavy atom. The number of hydrogen-bond acceptors (Lipinski definition) is 1. The summed E-state index contributed by atoms with van der Waals surface area (Å²) in [6.45, 7) is 3.52. The van der Waals surface area contributed by atoms with Gasteiger partial charge in [-0.3, -0.25) is 4.79 Å². The van der Waals surface area contributed by atoms with Crippen LogP contribution in [0, 0.1) is 5.41 Å². The van der Waals surface area contributed by atoms with Gasteiger partial charge in [0.05, 0.1) is 5.41 Å². The van der Waals surface area contributed by atoms with E-state index >= 15 is 0 Å². The lowest BCUT2D eigenvalue weighted by Gasteiger charge is -2.18. The zero-order valence-electron chi connectivity index (χ0n) is 9.53. The van der Waals surface area contributed by atoms with Crippen molar-refractivity contribution in [1.29, 1.82) is 0 Å². The Morgan fingerprint density at radius 3 is 2.40 bits per heavy atom. The predicted molar refractivity (Wildman–Crippen MR) is 57.4 cm³/mol. The molecule has 0 aliphatic carbocycles. The first kappa shape index (κ1) is 11.7. The van der Waals surface area contributed by atoms with Crippen LogP contribution in [0.2, 0.25) is 0 Å². The first-order chi connectivity index (χ1) is 6.92. The standard InChI is InChI=1S/C12H17NO2/c1-12(2,11(14)15)7-4-10-5-8-13(3)9-6-10/h5-6,8-9H,4,7H2,1-3H3/p+1. The molecule has 1 rings (SSSR count). The van der Waals surface area contributed by atoms with E-state index in [4.69, 9.17) is 5.11 Å². The molecule has 1 N–H and O–H groups in total. The van der Waals surface area contributed by atoms with Crippen LogP contribution < -0.4 is 4.57 Å². The van der Waals surface area contributed by atoms with Crippen molar-refractivity contribution in [2.45, 2.75) is 26.7 Å². The Kier molecular flexibility index (Phi) is 3.45. The maximum absolute atomic E-state index is 10.9. The summed E-state index contributed by atoms with van der Waals surface area (Å²) in [5.74, 6) is -0.732. The van der Waals surface area contributed by atoms with Crippen molar-refractivity contribution in [1.82, 2.24) is 0 Å². The summed E-state index contributed by atoms with van der Waals surface area (Å²) in [7, 11) is 1.96. The van der Waals surface area contributed by atoms with Crippen molar-refractivity contribution in [3.8, 4) is 0 Å². The number of carboxylic acids is 1. The Labute approximate surface area is 90.4 Å². The number of aliphatic carboxylic acids is 1. The minimum atomic E-state index is -0.732. The number of aromatic nitrogens is 1. The van der Waals surface area contributed by atoms with Gasteiger partial charge >= 0.3 is 5.97 Å². The van der Waals surface area contributed by atoms with Crippen LogP contribution in [-0.4, -0.2) is 11.1 Å². The van der Waals surface area contributed by atoms with Gasteiger partial charge in [0.2, 0.25) is 0 Å². The van der Waals surface area contributed by atoms with Gasteiger partial charge < -0.3 is 5.11 Å². The van der Waals surface area contributed by atoms with Gasteiger partial charge in [0.25, 0.3) is 0 Å². The summed E-state index contributed by atoms with van der Waals surface area (Å²) < 4.78 is 1.96. The van der Waals surface area contributed by atoms with Gasteiger partial charge in [-0.05, 0) is 32.3 Å². The topological polar surface area (TPSA) is 41.2 Å². The zero-order chi connectivity index (χ0) is 11.5. The van der Waals surface area contributed by atoms with Crippen LogP contribution in [0.25, 0.3) is 0 Å². The van der Waals surface area contributed by atoms with Crippen LogP contribution >= 0.6 is 0 Å². The normalized spacial score (nSPS) is 11.4. The van der Waals surface area contributed by atoms with Crippen molar-refractivity contribution < 1.29 is 14.5 Å². The highest BCUT2D eigenvalue weighted by molar-refractivity contribution is 5.73. The summed E-state index contributed by atoms with van der Waals surface area (Å²) in [5, 5.41) is 8.96. The molecule has 1 aromatic heterocycles. The molecule has 0 radical (unpaired) electrons. The van der Waals surface area contributed by atoms with Gasteiger partial charge in [-0.1, -0.05) is 0 Å². The third-order valence-corrected chi connectivity index (χ3v) is 2.67. The molecular weight excluding hydrogens is 190 g/mol. The van der Waals surface area contributed by atoms with E-state index in [2.05, 4.69) is 0 Å². The molecule has 1 heterocycles. The molecule has 0 fully saturated rings. The SMILES string of the molecule is C[n+]1ccc(CCC(C)(C)C(=O)O)cc1. The second-order valence-corrected chi connectivity index (χ2v) is 4.56. The van der Waals surface area contributed by atoms with E-state index in [1.54, 1.807) is 13.8 Å². The number of carboxylic acid groups (broad SMARTS) is 1. The van der Waals surface area contributed by atoms with Crippen LogP contribution in [0.5, 0.6) is 0 Å². The minimum absolute atomic E-state index is 0.641. The fraction of sp³-hybridized carbons (Fsp3) is 0.500. The molecule has 15 heavy (non-hydrogen) atoms. The average molecular weight is 208 g/mol. The van der Waals surface area contributed by atoms with Gasteiger partial charge in [0.15, 0.2) is 12.4 Å². The molecule has 0 unspecified atom stereocenters. The lowest BCUT2D eigenvalue weighted by molar-refractivity contribution is -0.671. The van der Waals surface area contributed by atoms with Crippen molar-refractivity contribution in [3.63, 3.8) is 0 Å². The van der Waals surface area contributed by atoms with E-state index in [9.17, 15) is 4.79 Å². The van der Waals surface area contributed by atoms with Crippen LogP contribution in [-0.2, 0) is 18.3 Å². The van der Waals surface area contributed by atoms with Gasteiger partial charge in [-0.25, -0.2) is 4.57 Å². The number of aryl methyl sites for hydroxylation is 2. The quantitative estimate of drug-likeness (QED) is 0.763. The van der Waals surface area contributed by atoms with Crippen LogP contribution in [0.4, 0.5) is 0 Å². The monoisotopic (exact) mass is 208 g/mol. The smallest absolute Gasteiger partial charge is 0.309 e. The molecule has 0 saturated carbocycles. The molecule has 82 valence electrons. The first-order valence-corrected chi connectivity index (χ1v) is 5.09. The van der Waals surface area contributed by atoms with Gasteiger partial charge in [-0.2, -0.15) is 0 Å². The van der Waals surface area contributed by atoms with E-state index in [1.165, 1.54) is 5.56 Å². The van der Waals surface area contributed by atoms with Gasteiger partial charge in [0.1, 0.15) is 7.05 Å². The van der Waals surface area contributed by atoms with E-state index in [0.29, 0.717) is 6.42 Å². The van der Waals surface area contributed by atoms with E-state index < -0.39 is 11.4 Å². The minimum Gasteiger partial charge on any atom is -0.481 e. The summed E-state index contributed by atoms with van der Waals surface area (Å²) in [5.41, 5.74) is 0.542. The molecule has 0 aliphatic rings. The Balaban J connectivity index is 2.57. The number of nitrogens with zero attached hydrogens (tertiary/aromatic N) is 1. The molecule has 0 amide bonds. The van der Waals surface area contributed by atoms with Crippen molar-refractivity contribution in [2.24, 2.45) is 12.5 Å². The predicted octanol–water partition coefficient (Wildman–Crippen LogP) is 1.55. The molecule has 0 bridgehead atoms. The highest BCUT2D eigenvalue weighted by atomic mass is 16.4. The molecule has 1 aromatic rings. The fourth-order valence-corrected chi connectivity index (χ4v) is 1.26. The molecule has 3 nitrogen and oxygen atoms in total. The largest absolute Gasteiger partial charge is 0.481 e. The Hall–Kier alpha value is -1.38. The van der Waals surface area contributed by atoms with Gasteiger partial charge in [0, 0.05) is 12.1 Å². The summed E-state index contributed by atoms with van der Waals surface area (Å²) >= 11 is 0. The van der Waals surface area contributed by atoms with Crippen LogP contribution in [0.15, 0.2) is 24.5 Å². The lowest BCUT2D eigenvalue weighted by atomic mass is 9.87. The molecule has 0 saturated heterocycles. The summed E-state index contributed by atoms with van der Waals surface area (Å²) in [4.78, 5) is 10.9. The highest BCUT2D eigenvalue weighted by Gasteiger charge is 2.26. The maximum Gasteiger partial charge on any atom is 0.309 e. The Bertz CT molecular complexity index is 341. The molecule has 0 atom stereocenters. The van der Waals surface area contributed by atoms with Gasteiger partial charge in [-0.15, -0.1) is 0 Å². The van der Waals surface area contributed by atoms with Crippen molar-refractivity contribution in [3.05, 3.63) is 30.1 Å². The van der Waals surface area contributed by atoms with Crippen LogP contribution in [0.1, 0.15) is 25.8 Å². The lowest BCUT2D eigenvalue weighted by Crippen LogP contribution is -2.26. The molecular formula is C12H18NO2+. The second kappa shape index (κ2) is 4.43. The molecule has 0 aliphatic heterocycles. The number of hydrogen-bond donors (Lipinski definition) is 1. The fourth-order valence-electron chi connectivity index (χ4n) is 1.26. The molecule has 0 aromatic carbocycles. The van der Waals surface area contributed by atoms with Crippen molar-refractivity contribution >= 4 is 5.97 Å². The number of carbonyl (C=O) groups is 1. The molecule has 3 heteroatoms. The average Bonchev–Trinajstić information content (AvgIpc) is 2.17. The summed E-state index contributed by atoms with van der Waals surface area (Å²) in [6.07, 6.45) is 5.42. The highest BCUT2D eigenvalue weighted by Crippen LogP contribution is 2.22. The number of rotatable bonds is 4. The third-order valence-electron chi connectivity index (χ3n) is 2.67. The van der Waals surface area contributed by atoms with E-state index in [1.807, 2.05) is 36.1 Å².